The van der Waals surface area contributed by atoms with E-state index in [0.29, 0.717) is 26.1 Å². The first-order valence-corrected chi connectivity index (χ1v) is 24.8. The van der Waals surface area contributed by atoms with Gasteiger partial charge in [0.2, 0.25) is 0 Å². The van der Waals surface area contributed by atoms with Gasteiger partial charge in [-0.25, -0.2) is 4.79 Å². The van der Waals surface area contributed by atoms with E-state index in [4.69, 9.17) is 28.7 Å². The normalized spacial score (nSPS) is 12.3. The van der Waals surface area contributed by atoms with Crippen LogP contribution in [0.1, 0.15) is 214 Å². The molecule has 0 aliphatic rings. The van der Waals surface area contributed by atoms with Gasteiger partial charge in [0, 0.05) is 38.5 Å². The number of hydrogen-bond donors (Lipinski definition) is 0. The molecule has 0 aromatic carbocycles. The lowest BCUT2D eigenvalue weighted by molar-refractivity contribution is -0.274. The molecule has 0 spiro atoms. The lowest BCUT2D eigenvalue weighted by Crippen LogP contribution is -2.26. The topological polar surface area (TPSA) is 110 Å². The first-order valence-electron chi connectivity index (χ1n) is 24.8. The first kappa shape index (κ1) is 57.7. The molecule has 1 unspecified atom stereocenters. The minimum absolute atomic E-state index is 0.0468. The Hall–Kier alpha value is -2.27. The Bertz CT molecular complexity index is 998. The number of hydrogen-bond acceptors (Lipinski definition) is 10. The highest BCUT2D eigenvalue weighted by Crippen LogP contribution is 2.15. The van der Waals surface area contributed by atoms with Crippen LogP contribution in [0.4, 0.5) is 0 Å². The van der Waals surface area contributed by atoms with Gasteiger partial charge in [-0.3, -0.25) is 14.5 Å². The molecule has 0 aliphatic heterocycles. The van der Waals surface area contributed by atoms with Crippen molar-refractivity contribution in [2.75, 3.05) is 52.7 Å². The Labute approximate surface area is 368 Å². The van der Waals surface area contributed by atoms with E-state index in [9.17, 15) is 14.4 Å². The summed E-state index contributed by atoms with van der Waals surface area (Å²) in [6.07, 6.45) is 36.3. The number of allylic oxidation sites excluding steroid dienone is 4. The van der Waals surface area contributed by atoms with Gasteiger partial charge in [0.15, 0.2) is 6.29 Å². The molecule has 0 rings (SSSR count). The number of carbonyl (C=O) groups excluding carboxylic acids is 3. The second-order valence-corrected chi connectivity index (χ2v) is 16.3. The van der Waals surface area contributed by atoms with Crippen LogP contribution in [0, 0.1) is 5.92 Å². The van der Waals surface area contributed by atoms with Gasteiger partial charge in [0.05, 0.1) is 32.7 Å². The highest BCUT2D eigenvalue weighted by molar-refractivity contribution is 5.71. The average molecular weight is 852 g/mol. The van der Waals surface area contributed by atoms with Crippen LogP contribution >= 0.6 is 0 Å². The van der Waals surface area contributed by atoms with Gasteiger partial charge in [0.25, 0.3) is 0 Å². The molecule has 0 heterocycles. The lowest BCUT2D eigenvalue weighted by Gasteiger charge is -2.19. The number of nitrogens with zero attached hydrogens (tertiary/aromatic N) is 1. The van der Waals surface area contributed by atoms with Gasteiger partial charge in [0.1, 0.15) is 0 Å². The molecular formula is C50H93NO9. The third-order valence-electron chi connectivity index (χ3n) is 10.7. The summed E-state index contributed by atoms with van der Waals surface area (Å²) in [5.74, 6) is -1.87. The molecule has 0 amide bonds. The van der Waals surface area contributed by atoms with Gasteiger partial charge in [-0.1, -0.05) is 155 Å². The fourth-order valence-electron chi connectivity index (χ4n) is 6.72. The van der Waals surface area contributed by atoms with Crippen molar-refractivity contribution in [3.63, 3.8) is 0 Å². The van der Waals surface area contributed by atoms with Crippen LogP contribution in [0.5, 0.6) is 0 Å². The molecule has 0 saturated heterocycles. The van der Waals surface area contributed by atoms with Crippen molar-refractivity contribution in [2.24, 2.45) is 5.92 Å². The Balaban J connectivity index is 4.85. The summed E-state index contributed by atoms with van der Waals surface area (Å²) in [6.45, 7) is 15.0. The summed E-state index contributed by atoms with van der Waals surface area (Å²) in [5.41, 5.74) is 0. The van der Waals surface area contributed by atoms with E-state index >= 15 is 0 Å². The zero-order chi connectivity index (χ0) is 44.0. The number of ether oxygens (including phenoxy) is 4. The molecule has 0 aromatic rings. The van der Waals surface area contributed by atoms with E-state index in [1.165, 1.54) is 77.0 Å². The minimum atomic E-state index is -0.588. The fourth-order valence-corrected chi connectivity index (χ4v) is 6.72. The summed E-state index contributed by atoms with van der Waals surface area (Å²) in [6, 6.07) is 0. The van der Waals surface area contributed by atoms with Crippen LogP contribution in [-0.2, 0) is 43.1 Å². The van der Waals surface area contributed by atoms with Crippen LogP contribution in [0.2, 0.25) is 0 Å². The lowest BCUT2D eigenvalue weighted by atomic mass is 10.1. The second kappa shape index (κ2) is 46.2. The Morgan fingerprint density at radius 2 is 0.983 bits per heavy atom. The van der Waals surface area contributed by atoms with Crippen molar-refractivity contribution in [1.82, 2.24) is 4.90 Å². The summed E-state index contributed by atoms with van der Waals surface area (Å²) < 4.78 is 23.4. The fraction of sp³-hybridized carbons (Fsp3) is 0.860. The molecule has 1 atom stereocenters. The third kappa shape index (κ3) is 41.1. The van der Waals surface area contributed by atoms with Crippen molar-refractivity contribution in [3.05, 3.63) is 24.3 Å². The van der Waals surface area contributed by atoms with E-state index in [2.05, 4.69) is 63.8 Å². The van der Waals surface area contributed by atoms with Crippen molar-refractivity contribution >= 4 is 17.9 Å². The van der Waals surface area contributed by atoms with Crippen LogP contribution in [0.25, 0.3) is 0 Å². The predicted octanol–water partition coefficient (Wildman–Crippen LogP) is 13.0. The monoisotopic (exact) mass is 852 g/mol. The molecule has 10 nitrogen and oxygen atoms in total. The molecule has 0 aromatic heterocycles. The van der Waals surface area contributed by atoms with E-state index in [1.54, 1.807) is 0 Å². The molecule has 0 fully saturated rings. The quantitative estimate of drug-likeness (QED) is 0.0147. The van der Waals surface area contributed by atoms with Crippen LogP contribution in [0.15, 0.2) is 24.3 Å². The molecule has 60 heavy (non-hydrogen) atoms. The van der Waals surface area contributed by atoms with Crippen LogP contribution < -0.4 is 0 Å². The van der Waals surface area contributed by atoms with E-state index in [-0.39, 0.29) is 38.6 Å². The maximum atomic E-state index is 13.0. The summed E-state index contributed by atoms with van der Waals surface area (Å²) in [5, 5.41) is 0. The average Bonchev–Trinajstić information content (AvgIpc) is 3.25. The van der Waals surface area contributed by atoms with E-state index < -0.39 is 24.1 Å². The van der Waals surface area contributed by atoms with E-state index in [1.807, 2.05) is 0 Å². The largest absolute Gasteiger partial charge is 0.465 e. The number of unbranched alkanes of at least 4 members (excludes halogenated alkanes) is 18. The molecule has 352 valence electrons. The van der Waals surface area contributed by atoms with Gasteiger partial charge in [-0.15, -0.1) is 0 Å². The molecule has 0 saturated carbocycles. The Morgan fingerprint density at radius 3 is 1.55 bits per heavy atom. The van der Waals surface area contributed by atoms with Gasteiger partial charge < -0.3 is 23.8 Å². The first-order chi connectivity index (χ1) is 29.4. The number of rotatable bonds is 46. The maximum absolute atomic E-state index is 13.0. The molecular weight excluding hydrogens is 759 g/mol. The zero-order valence-electron chi connectivity index (χ0n) is 39.5. The van der Waals surface area contributed by atoms with Crippen LogP contribution in [0.3, 0.4) is 0 Å². The Morgan fingerprint density at radius 1 is 0.500 bits per heavy atom. The molecule has 0 radical (unpaired) electrons. The molecule has 0 bridgehead atoms. The van der Waals surface area contributed by atoms with Gasteiger partial charge in [-0.2, -0.15) is 4.89 Å². The molecule has 10 heteroatoms. The van der Waals surface area contributed by atoms with Crippen molar-refractivity contribution in [1.29, 1.82) is 0 Å². The SMILES string of the molecule is CCCCC/C=C\C/C=C\CCCCCCCC(=O)OCC(COC(=O)CCC(OCCCCCCCC)OCCCCCCCC)CC(=O)OOCCCN(CC)CC. The highest BCUT2D eigenvalue weighted by Gasteiger charge is 2.21. The van der Waals surface area contributed by atoms with Crippen molar-refractivity contribution < 1.29 is 43.1 Å². The standard InChI is InChI=1S/C50H93NO9/c1-6-11-14-17-20-21-22-23-24-25-26-27-28-29-32-36-47(52)57-44-46(43-49(54)60-59-42-35-39-51(9-4)10-5)45-58-48(53)37-38-50(55-40-33-30-18-15-12-7-2)56-41-34-31-19-16-13-8-3/h20-21,23-24,46,50H,6-19,22,25-45H2,1-5H3/b21-20-,24-23-. The molecule has 0 N–H and O–H groups in total. The maximum Gasteiger partial charge on any atom is 0.342 e. The highest BCUT2D eigenvalue weighted by atomic mass is 17.2. The summed E-state index contributed by atoms with van der Waals surface area (Å²) in [7, 11) is 0. The van der Waals surface area contributed by atoms with Crippen molar-refractivity contribution in [2.45, 2.75) is 221 Å². The smallest absolute Gasteiger partial charge is 0.342 e. The number of carbonyl (C=O) groups is 3. The second-order valence-electron chi connectivity index (χ2n) is 16.3. The zero-order valence-corrected chi connectivity index (χ0v) is 39.5. The predicted molar refractivity (Wildman–Crippen MR) is 246 cm³/mol. The summed E-state index contributed by atoms with van der Waals surface area (Å²) >= 11 is 0. The number of esters is 2. The van der Waals surface area contributed by atoms with Crippen LogP contribution in [-0.4, -0.2) is 81.8 Å². The van der Waals surface area contributed by atoms with Gasteiger partial charge >= 0.3 is 17.9 Å². The minimum Gasteiger partial charge on any atom is -0.465 e. The third-order valence-corrected chi connectivity index (χ3v) is 10.7. The Kier molecular flexibility index (Phi) is 44.5. The van der Waals surface area contributed by atoms with Gasteiger partial charge in [-0.05, 0) is 70.9 Å². The van der Waals surface area contributed by atoms with E-state index in [0.717, 1.165) is 96.7 Å². The molecule has 0 aliphatic carbocycles. The summed E-state index contributed by atoms with van der Waals surface area (Å²) in [4.78, 5) is 50.8. The van der Waals surface area contributed by atoms with Crippen molar-refractivity contribution in [3.8, 4) is 0 Å².